The molecule has 0 aliphatic carbocycles. The maximum atomic E-state index is 13.3. The predicted octanol–water partition coefficient (Wildman–Crippen LogP) is 5.18. The van der Waals surface area contributed by atoms with Crippen molar-refractivity contribution in [2.24, 2.45) is 0 Å². The van der Waals surface area contributed by atoms with Crippen LogP contribution in [0.4, 0.5) is 0 Å². The third-order valence-corrected chi connectivity index (χ3v) is 7.44. The summed E-state index contributed by atoms with van der Waals surface area (Å²) in [6, 6.07) is 16.2. The minimum absolute atomic E-state index is 0.0295. The number of hydrogen-bond acceptors (Lipinski definition) is 4. The number of carbonyl (C=O) groups excluding carboxylic acids is 1. The number of rotatable bonds is 6. The molecule has 7 heteroatoms. The van der Waals surface area contributed by atoms with Crippen LogP contribution in [0.2, 0.25) is 0 Å². The van der Waals surface area contributed by atoms with Crippen LogP contribution in [0.1, 0.15) is 68.6 Å². The molecule has 0 saturated heterocycles. The van der Waals surface area contributed by atoms with Gasteiger partial charge in [0.15, 0.2) is 0 Å². The Labute approximate surface area is 216 Å². The van der Waals surface area contributed by atoms with Crippen molar-refractivity contribution in [2.45, 2.75) is 59.5 Å². The lowest BCUT2D eigenvalue weighted by Gasteiger charge is -2.30. The Morgan fingerprint density at radius 2 is 1.76 bits per heavy atom. The summed E-state index contributed by atoms with van der Waals surface area (Å²) in [5.74, 6) is -1.15. The zero-order chi connectivity index (χ0) is 26.3. The third kappa shape index (κ3) is 4.73. The fourth-order valence-corrected chi connectivity index (χ4v) is 5.62. The molecule has 37 heavy (non-hydrogen) atoms. The first-order valence-electron chi connectivity index (χ1n) is 12.8. The topological polar surface area (TPSA) is 88.3 Å². The number of aliphatic carboxylic acids is 1. The van der Waals surface area contributed by atoms with E-state index in [4.69, 9.17) is 0 Å². The zero-order valence-electron chi connectivity index (χ0n) is 21.8. The van der Waals surface area contributed by atoms with Gasteiger partial charge in [0.2, 0.25) is 0 Å². The molecule has 1 N–H and O–H groups in total. The van der Waals surface area contributed by atoms with E-state index in [0.29, 0.717) is 18.7 Å². The van der Waals surface area contributed by atoms with E-state index in [2.05, 4.69) is 28.5 Å². The summed E-state index contributed by atoms with van der Waals surface area (Å²) in [7, 11) is 0. The SMILES string of the molecule is CCn1nnc2c(C)c(C(CC(=O)O)c3ccc4c(c3)CN(C(=O)c3cc(C)cc(C)c3)CC4)ccc21. The second-order valence-corrected chi connectivity index (χ2v) is 10.1. The lowest BCUT2D eigenvalue weighted by Crippen LogP contribution is -2.36. The Morgan fingerprint density at radius 3 is 2.46 bits per heavy atom. The predicted molar refractivity (Wildman–Crippen MR) is 143 cm³/mol. The second-order valence-electron chi connectivity index (χ2n) is 10.1. The highest BCUT2D eigenvalue weighted by Gasteiger charge is 2.26. The van der Waals surface area contributed by atoms with Crippen LogP contribution >= 0.6 is 0 Å². The number of amides is 1. The molecule has 0 saturated carbocycles. The summed E-state index contributed by atoms with van der Waals surface area (Å²) in [5, 5.41) is 18.4. The number of nitrogens with zero attached hydrogens (tertiary/aromatic N) is 4. The quantitative estimate of drug-likeness (QED) is 0.397. The Hall–Kier alpha value is -4.00. The normalized spacial score (nSPS) is 14.0. The number of carboxylic acid groups (broad SMARTS) is 1. The van der Waals surface area contributed by atoms with E-state index in [0.717, 1.165) is 57.4 Å². The highest BCUT2D eigenvalue weighted by Crippen LogP contribution is 2.35. The van der Waals surface area contributed by atoms with E-state index < -0.39 is 5.97 Å². The molecular formula is C30H32N4O3. The van der Waals surface area contributed by atoms with E-state index in [9.17, 15) is 14.7 Å². The number of hydrogen-bond donors (Lipinski definition) is 1. The minimum atomic E-state index is -0.856. The molecule has 3 aromatic carbocycles. The van der Waals surface area contributed by atoms with E-state index in [1.165, 1.54) is 5.56 Å². The van der Waals surface area contributed by atoms with Gasteiger partial charge in [-0.1, -0.05) is 46.7 Å². The molecule has 0 spiro atoms. The third-order valence-electron chi connectivity index (χ3n) is 7.44. The summed E-state index contributed by atoms with van der Waals surface area (Å²) in [5.41, 5.74) is 9.73. The summed E-state index contributed by atoms with van der Waals surface area (Å²) < 4.78 is 1.85. The van der Waals surface area contributed by atoms with E-state index in [-0.39, 0.29) is 18.2 Å². The first-order valence-corrected chi connectivity index (χ1v) is 12.8. The van der Waals surface area contributed by atoms with E-state index in [1.54, 1.807) is 0 Å². The molecule has 0 fully saturated rings. The molecule has 1 aliphatic heterocycles. The molecule has 0 radical (unpaired) electrons. The lowest BCUT2D eigenvalue weighted by atomic mass is 9.83. The second kappa shape index (κ2) is 9.81. The van der Waals surface area contributed by atoms with Crippen molar-refractivity contribution in [2.75, 3.05) is 6.54 Å². The molecule has 5 rings (SSSR count). The van der Waals surface area contributed by atoms with Crippen molar-refractivity contribution in [3.63, 3.8) is 0 Å². The maximum absolute atomic E-state index is 13.3. The molecule has 4 aromatic rings. The molecular weight excluding hydrogens is 464 g/mol. The average molecular weight is 497 g/mol. The lowest BCUT2D eigenvalue weighted by molar-refractivity contribution is -0.137. The van der Waals surface area contributed by atoms with Gasteiger partial charge in [-0.2, -0.15) is 0 Å². The van der Waals surface area contributed by atoms with E-state index in [1.807, 2.05) is 67.6 Å². The summed E-state index contributed by atoms with van der Waals surface area (Å²) in [6.07, 6.45) is 0.749. The molecule has 190 valence electrons. The molecule has 1 atom stereocenters. The largest absolute Gasteiger partial charge is 0.481 e. The van der Waals surface area contributed by atoms with Crippen molar-refractivity contribution in [1.29, 1.82) is 0 Å². The van der Waals surface area contributed by atoms with Gasteiger partial charge in [-0.25, -0.2) is 4.68 Å². The van der Waals surface area contributed by atoms with Crippen LogP contribution in [-0.4, -0.2) is 43.4 Å². The van der Waals surface area contributed by atoms with Gasteiger partial charge < -0.3 is 10.0 Å². The van der Waals surface area contributed by atoms with Gasteiger partial charge in [0.25, 0.3) is 5.91 Å². The molecule has 1 aromatic heterocycles. The fourth-order valence-electron chi connectivity index (χ4n) is 5.62. The Morgan fingerprint density at radius 1 is 1.00 bits per heavy atom. The Balaban J connectivity index is 1.49. The number of aromatic nitrogens is 3. The van der Waals surface area contributed by atoms with Gasteiger partial charge in [0.1, 0.15) is 5.52 Å². The number of fused-ring (bicyclic) bond motifs is 2. The van der Waals surface area contributed by atoms with Crippen LogP contribution in [0.5, 0.6) is 0 Å². The standard InChI is InChI=1S/C30H32N4O3/c1-5-34-27-9-8-25(20(4)29(27)31-32-34)26(16-28(35)36)22-7-6-21-10-11-33(17-24(21)15-22)30(37)23-13-18(2)12-19(3)14-23/h6-9,12-15,26H,5,10-11,16-17H2,1-4H3,(H,35,36). The molecule has 1 unspecified atom stereocenters. The van der Waals surface area contributed by atoms with E-state index >= 15 is 0 Å². The van der Waals surface area contributed by atoms with Crippen LogP contribution in [0, 0.1) is 20.8 Å². The summed E-state index contributed by atoms with van der Waals surface area (Å²) >= 11 is 0. The van der Waals surface area contributed by atoms with Gasteiger partial charge in [-0.05, 0) is 80.1 Å². The molecule has 7 nitrogen and oxygen atoms in total. The van der Waals surface area contributed by atoms with Crippen molar-refractivity contribution in [1.82, 2.24) is 19.9 Å². The van der Waals surface area contributed by atoms with Gasteiger partial charge in [0.05, 0.1) is 11.9 Å². The smallest absolute Gasteiger partial charge is 0.304 e. The summed E-state index contributed by atoms with van der Waals surface area (Å²) in [6.45, 7) is 9.92. The monoisotopic (exact) mass is 496 g/mol. The first-order chi connectivity index (χ1) is 17.7. The van der Waals surface area contributed by atoms with Gasteiger partial charge in [-0.15, -0.1) is 5.10 Å². The number of carboxylic acids is 1. The molecule has 1 aliphatic rings. The van der Waals surface area contributed by atoms with Crippen LogP contribution < -0.4 is 0 Å². The average Bonchev–Trinajstić information content (AvgIpc) is 3.30. The molecule has 2 heterocycles. The zero-order valence-corrected chi connectivity index (χ0v) is 21.8. The van der Waals surface area contributed by atoms with Crippen molar-refractivity contribution in [3.05, 3.63) is 93.0 Å². The Kier molecular flexibility index (Phi) is 6.54. The van der Waals surface area contributed by atoms with Crippen LogP contribution in [-0.2, 0) is 24.3 Å². The van der Waals surface area contributed by atoms with Crippen LogP contribution in [0.25, 0.3) is 11.0 Å². The summed E-state index contributed by atoms with van der Waals surface area (Å²) in [4.78, 5) is 27.2. The molecule has 0 bridgehead atoms. The van der Waals surface area contributed by atoms with Crippen molar-refractivity contribution >= 4 is 22.9 Å². The highest BCUT2D eigenvalue weighted by atomic mass is 16.4. The maximum Gasteiger partial charge on any atom is 0.304 e. The number of benzene rings is 3. The highest BCUT2D eigenvalue weighted by molar-refractivity contribution is 5.94. The number of aryl methyl sites for hydroxylation is 4. The van der Waals surface area contributed by atoms with Gasteiger partial charge in [0, 0.05) is 31.1 Å². The number of carbonyl (C=O) groups is 2. The van der Waals surface area contributed by atoms with Crippen molar-refractivity contribution in [3.8, 4) is 0 Å². The molecule has 1 amide bonds. The van der Waals surface area contributed by atoms with Gasteiger partial charge in [-0.3, -0.25) is 9.59 Å². The Bertz CT molecular complexity index is 1500. The van der Waals surface area contributed by atoms with Crippen LogP contribution in [0.15, 0.2) is 48.5 Å². The van der Waals surface area contributed by atoms with Gasteiger partial charge >= 0.3 is 5.97 Å². The van der Waals surface area contributed by atoms with Crippen molar-refractivity contribution < 1.29 is 14.7 Å². The minimum Gasteiger partial charge on any atom is -0.481 e. The van der Waals surface area contributed by atoms with Crippen LogP contribution in [0.3, 0.4) is 0 Å². The fraction of sp³-hybridized carbons (Fsp3) is 0.333. The first kappa shape index (κ1) is 24.7.